The Morgan fingerprint density at radius 1 is 1.47 bits per heavy atom. The van der Waals surface area contributed by atoms with E-state index in [0.29, 0.717) is 12.6 Å². The fourth-order valence-corrected chi connectivity index (χ4v) is 2.66. The average molecular weight is 232 g/mol. The zero-order chi connectivity index (χ0) is 11.3. The molecule has 2 N–H and O–H groups in total. The van der Waals surface area contributed by atoms with Crippen molar-refractivity contribution < 1.29 is 5.11 Å². The van der Waals surface area contributed by atoms with Crippen LogP contribution < -0.4 is 5.32 Å². The maximum Gasteiger partial charge on any atom is 0.0833 e. The zero-order valence-corrected chi connectivity index (χ0v) is 10.9. The Hall–Kier alpha value is 0.230. The van der Waals surface area contributed by atoms with E-state index in [1.807, 2.05) is 13.2 Å². The van der Waals surface area contributed by atoms with Gasteiger partial charge in [-0.3, -0.25) is 0 Å². The lowest BCUT2D eigenvalue weighted by molar-refractivity contribution is 0.0775. The van der Waals surface area contributed by atoms with Crippen molar-refractivity contribution in [2.75, 3.05) is 38.7 Å². The van der Waals surface area contributed by atoms with E-state index in [1.54, 1.807) is 11.8 Å². The van der Waals surface area contributed by atoms with Crippen LogP contribution in [0.2, 0.25) is 0 Å². The quantitative estimate of drug-likeness (QED) is 0.734. The molecule has 0 bridgehead atoms. The molecular formula is C11H24N2OS. The Kier molecular flexibility index (Phi) is 5.39. The van der Waals surface area contributed by atoms with Crippen molar-refractivity contribution in [3.8, 4) is 0 Å². The highest BCUT2D eigenvalue weighted by molar-refractivity contribution is 7.98. The summed E-state index contributed by atoms with van der Waals surface area (Å²) < 4.78 is 0. The third-order valence-electron chi connectivity index (χ3n) is 2.95. The molecule has 0 aliphatic carbocycles. The summed E-state index contributed by atoms with van der Waals surface area (Å²) in [5, 5.41) is 13.5. The standard InChI is InChI=1S/C11H24N2OS/c1-11(14,9-15-3)8-12-10-4-6-13(2)7-5-10/h10,12,14H,4-9H2,1-3H3. The molecule has 3 nitrogen and oxygen atoms in total. The zero-order valence-electron chi connectivity index (χ0n) is 10.1. The van der Waals surface area contributed by atoms with Crippen molar-refractivity contribution in [3.05, 3.63) is 0 Å². The first-order valence-corrected chi connectivity index (χ1v) is 7.06. The molecule has 0 aromatic heterocycles. The van der Waals surface area contributed by atoms with Gasteiger partial charge in [-0.05, 0) is 46.2 Å². The number of likely N-dealkylation sites (tertiary alicyclic amines) is 1. The van der Waals surface area contributed by atoms with Crippen molar-refractivity contribution in [2.45, 2.75) is 31.4 Å². The Bertz CT molecular complexity index is 179. The van der Waals surface area contributed by atoms with Crippen molar-refractivity contribution in [2.24, 2.45) is 0 Å². The van der Waals surface area contributed by atoms with E-state index >= 15 is 0 Å². The Morgan fingerprint density at radius 2 is 2.07 bits per heavy atom. The lowest BCUT2D eigenvalue weighted by Crippen LogP contribution is -2.47. The number of piperidine rings is 1. The summed E-state index contributed by atoms with van der Waals surface area (Å²) in [4.78, 5) is 2.36. The lowest BCUT2D eigenvalue weighted by atomic mass is 10.0. The van der Waals surface area contributed by atoms with Gasteiger partial charge in [-0.2, -0.15) is 11.8 Å². The molecule has 0 radical (unpaired) electrons. The summed E-state index contributed by atoms with van der Waals surface area (Å²) in [7, 11) is 2.17. The molecule has 1 saturated heterocycles. The van der Waals surface area contributed by atoms with E-state index in [-0.39, 0.29) is 0 Å². The van der Waals surface area contributed by atoms with Crippen LogP contribution in [-0.2, 0) is 0 Å². The second-order valence-corrected chi connectivity index (χ2v) is 5.75. The molecule has 0 spiro atoms. The fourth-order valence-electron chi connectivity index (χ4n) is 1.94. The maximum atomic E-state index is 10.0. The predicted octanol–water partition coefficient (Wildman–Crippen LogP) is 0.784. The number of aliphatic hydroxyl groups is 1. The summed E-state index contributed by atoms with van der Waals surface area (Å²) >= 11 is 1.70. The van der Waals surface area contributed by atoms with Gasteiger partial charge in [0.1, 0.15) is 0 Å². The maximum absolute atomic E-state index is 10.0. The molecule has 1 atom stereocenters. The van der Waals surface area contributed by atoms with Crippen LogP contribution in [0.1, 0.15) is 19.8 Å². The van der Waals surface area contributed by atoms with Gasteiger partial charge in [0.15, 0.2) is 0 Å². The van der Waals surface area contributed by atoms with Crippen molar-refractivity contribution >= 4 is 11.8 Å². The van der Waals surface area contributed by atoms with Gasteiger partial charge < -0.3 is 15.3 Å². The third kappa shape index (κ3) is 5.20. The molecule has 1 aliphatic heterocycles. The van der Waals surface area contributed by atoms with Gasteiger partial charge in [-0.15, -0.1) is 0 Å². The van der Waals surface area contributed by atoms with Crippen LogP contribution in [0.4, 0.5) is 0 Å². The summed E-state index contributed by atoms with van der Waals surface area (Å²) in [6.07, 6.45) is 4.43. The summed E-state index contributed by atoms with van der Waals surface area (Å²) in [5.41, 5.74) is -0.567. The van der Waals surface area contributed by atoms with Gasteiger partial charge in [0.25, 0.3) is 0 Å². The molecule has 0 aromatic carbocycles. The van der Waals surface area contributed by atoms with Gasteiger partial charge in [0.2, 0.25) is 0 Å². The summed E-state index contributed by atoms with van der Waals surface area (Å²) in [6.45, 7) is 4.96. The van der Waals surface area contributed by atoms with Crippen molar-refractivity contribution in [3.63, 3.8) is 0 Å². The Labute approximate surface area is 97.6 Å². The van der Waals surface area contributed by atoms with Crippen molar-refractivity contribution in [1.29, 1.82) is 0 Å². The fraction of sp³-hybridized carbons (Fsp3) is 1.00. The van der Waals surface area contributed by atoms with Crippen molar-refractivity contribution in [1.82, 2.24) is 10.2 Å². The Balaban J connectivity index is 2.19. The van der Waals surface area contributed by atoms with Crippen LogP contribution in [0, 0.1) is 0 Å². The third-order valence-corrected chi connectivity index (χ3v) is 3.86. The average Bonchev–Trinajstić information content (AvgIpc) is 2.17. The predicted molar refractivity (Wildman–Crippen MR) is 67.5 cm³/mol. The van der Waals surface area contributed by atoms with E-state index in [0.717, 1.165) is 5.75 Å². The van der Waals surface area contributed by atoms with E-state index in [4.69, 9.17) is 0 Å². The number of nitrogens with zero attached hydrogens (tertiary/aromatic N) is 1. The molecule has 1 aliphatic rings. The van der Waals surface area contributed by atoms with Gasteiger partial charge in [0, 0.05) is 18.3 Å². The van der Waals surface area contributed by atoms with E-state index in [2.05, 4.69) is 17.3 Å². The van der Waals surface area contributed by atoms with Gasteiger partial charge in [-0.1, -0.05) is 0 Å². The Morgan fingerprint density at radius 3 is 2.60 bits per heavy atom. The molecule has 1 heterocycles. The molecular weight excluding hydrogens is 208 g/mol. The molecule has 0 amide bonds. The number of thioether (sulfide) groups is 1. The van der Waals surface area contributed by atoms with Crippen LogP contribution in [-0.4, -0.2) is 60.3 Å². The van der Waals surface area contributed by atoms with Gasteiger partial charge >= 0.3 is 0 Å². The van der Waals surface area contributed by atoms with E-state index in [9.17, 15) is 5.11 Å². The molecule has 15 heavy (non-hydrogen) atoms. The number of rotatable bonds is 5. The minimum atomic E-state index is -0.567. The topological polar surface area (TPSA) is 35.5 Å². The largest absolute Gasteiger partial charge is 0.388 e. The monoisotopic (exact) mass is 232 g/mol. The van der Waals surface area contributed by atoms with Crippen LogP contribution in [0.25, 0.3) is 0 Å². The SMILES string of the molecule is CSCC(C)(O)CNC1CCN(C)CC1. The minimum Gasteiger partial charge on any atom is -0.388 e. The van der Waals surface area contributed by atoms with Gasteiger partial charge in [0.05, 0.1) is 5.60 Å². The highest BCUT2D eigenvalue weighted by Gasteiger charge is 2.22. The number of hydrogen-bond acceptors (Lipinski definition) is 4. The van der Waals surface area contributed by atoms with Crippen LogP contribution in [0.15, 0.2) is 0 Å². The first kappa shape index (κ1) is 13.3. The van der Waals surface area contributed by atoms with Crippen LogP contribution in [0.5, 0.6) is 0 Å². The highest BCUT2D eigenvalue weighted by atomic mass is 32.2. The molecule has 90 valence electrons. The molecule has 1 unspecified atom stereocenters. The normalized spacial score (nSPS) is 24.0. The smallest absolute Gasteiger partial charge is 0.0833 e. The molecule has 1 rings (SSSR count). The van der Waals surface area contributed by atoms with Crippen LogP contribution in [0.3, 0.4) is 0 Å². The second-order valence-electron chi connectivity index (χ2n) is 4.89. The molecule has 0 aromatic rings. The van der Waals surface area contributed by atoms with Crippen LogP contribution >= 0.6 is 11.8 Å². The van der Waals surface area contributed by atoms with Gasteiger partial charge in [-0.25, -0.2) is 0 Å². The summed E-state index contributed by atoms with van der Waals surface area (Å²) in [5.74, 6) is 0.798. The number of nitrogens with one attached hydrogen (secondary N) is 1. The lowest BCUT2D eigenvalue weighted by Gasteiger charge is -2.32. The number of hydrogen-bond donors (Lipinski definition) is 2. The summed E-state index contributed by atoms with van der Waals surface area (Å²) in [6, 6.07) is 0.592. The van der Waals surface area contributed by atoms with E-state index in [1.165, 1.54) is 25.9 Å². The molecule has 1 fully saturated rings. The highest BCUT2D eigenvalue weighted by Crippen LogP contribution is 2.12. The molecule has 0 saturated carbocycles. The second kappa shape index (κ2) is 6.09. The first-order chi connectivity index (χ1) is 7.03. The van der Waals surface area contributed by atoms with E-state index < -0.39 is 5.60 Å². The minimum absolute atomic E-state index is 0.567. The molecule has 4 heteroatoms. The first-order valence-electron chi connectivity index (χ1n) is 5.67.